The molecule has 0 amide bonds. The lowest BCUT2D eigenvalue weighted by molar-refractivity contribution is -0.535. The van der Waals surface area contributed by atoms with Gasteiger partial charge in [-0.15, -0.1) is 0 Å². The Labute approximate surface area is 135 Å². The SMILES string of the molecule is CC(C)CC(C)(C)C1OC1(OOC(C)(C)C)OOC(C)(C)C. The van der Waals surface area contributed by atoms with Crippen LogP contribution in [-0.2, 0) is 24.3 Å². The standard InChI is InChI=1S/C17H34O5/c1-12(2)11-16(9,10)13-17(18-13,21-19-14(3,4)5)22-20-15(6,7)8/h12-13H,11H2,1-10H3. The molecule has 132 valence electrons. The van der Waals surface area contributed by atoms with Gasteiger partial charge in [0.1, 0.15) is 0 Å². The zero-order valence-electron chi connectivity index (χ0n) is 15.9. The monoisotopic (exact) mass is 318 g/mol. The van der Waals surface area contributed by atoms with E-state index in [1.807, 2.05) is 41.5 Å². The lowest BCUT2D eigenvalue weighted by Gasteiger charge is -2.28. The summed E-state index contributed by atoms with van der Waals surface area (Å²) in [6.07, 6.45) is 0.740. The lowest BCUT2D eigenvalue weighted by atomic mass is 9.80. The Balaban J connectivity index is 2.78. The highest BCUT2D eigenvalue weighted by Crippen LogP contribution is 2.52. The lowest BCUT2D eigenvalue weighted by Crippen LogP contribution is -2.37. The van der Waals surface area contributed by atoms with Gasteiger partial charge in [-0.1, -0.05) is 27.7 Å². The second kappa shape index (κ2) is 6.36. The molecule has 0 aliphatic carbocycles. The molecule has 22 heavy (non-hydrogen) atoms. The average Bonchev–Trinajstić information content (AvgIpc) is 2.96. The molecule has 5 heteroatoms. The average molecular weight is 318 g/mol. The van der Waals surface area contributed by atoms with Crippen LogP contribution in [0, 0.1) is 11.3 Å². The number of ether oxygens (including phenoxy) is 1. The van der Waals surface area contributed by atoms with E-state index in [0.29, 0.717) is 5.92 Å². The van der Waals surface area contributed by atoms with Gasteiger partial charge < -0.3 is 4.74 Å². The van der Waals surface area contributed by atoms with Crippen molar-refractivity contribution in [2.24, 2.45) is 11.3 Å². The van der Waals surface area contributed by atoms with Crippen molar-refractivity contribution in [3.63, 3.8) is 0 Å². The molecular formula is C17H34O5. The third kappa shape index (κ3) is 6.13. The van der Waals surface area contributed by atoms with Crippen LogP contribution in [0.25, 0.3) is 0 Å². The second-order valence-electron chi connectivity index (χ2n) is 9.25. The minimum Gasteiger partial charge on any atom is -0.309 e. The van der Waals surface area contributed by atoms with Crippen LogP contribution in [0.1, 0.15) is 75.7 Å². The van der Waals surface area contributed by atoms with Crippen LogP contribution < -0.4 is 0 Å². The third-order valence-corrected chi connectivity index (χ3v) is 3.01. The summed E-state index contributed by atoms with van der Waals surface area (Å²) in [6, 6.07) is 0. The second-order valence-corrected chi connectivity index (χ2v) is 9.25. The van der Waals surface area contributed by atoms with Crippen molar-refractivity contribution >= 4 is 0 Å². The molecule has 1 aliphatic heterocycles. The molecule has 0 saturated carbocycles. The van der Waals surface area contributed by atoms with Gasteiger partial charge in [0, 0.05) is 0 Å². The van der Waals surface area contributed by atoms with Crippen molar-refractivity contribution in [3.8, 4) is 0 Å². The van der Waals surface area contributed by atoms with Gasteiger partial charge in [-0.05, 0) is 59.3 Å². The first-order chi connectivity index (χ1) is 9.67. The van der Waals surface area contributed by atoms with Gasteiger partial charge >= 0.3 is 5.97 Å². The molecule has 0 N–H and O–H groups in total. The van der Waals surface area contributed by atoms with Crippen LogP contribution in [0.3, 0.4) is 0 Å². The Morgan fingerprint density at radius 2 is 1.27 bits per heavy atom. The van der Waals surface area contributed by atoms with Gasteiger partial charge in [-0.2, -0.15) is 9.78 Å². The molecule has 1 rings (SSSR count). The van der Waals surface area contributed by atoms with E-state index in [4.69, 9.17) is 24.3 Å². The van der Waals surface area contributed by atoms with E-state index < -0.39 is 17.2 Å². The molecule has 1 atom stereocenters. The maximum absolute atomic E-state index is 5.77. The normalized spacial score (nSPS) is 22.2. The van der Waals surface area contributed by atoms with Gasteiger partial charge in [0.15, 0.2) is 6.10 Å². The molecule has 5 nitrogen and oxygen atoms in total. The molecule has 0 bridgehead atoms. The zero-order valence-corrected chi connectivity index (χ0v) is 15.9. The first kappa shape index (κ1) is 19.8. The summed E-state index contributed by atoms with van der Waals surface area (Å²) in [5, 5.41) is 0. The summed E-state index contributed by atoms with van der Waals surface area (Å²) in [6.45, 7) is 20.1. The molecule has 0 spiro atoms. The van der Waals surface area contributed by atoms with E-state index in [1.165, 1.54) is 0 Å². The van der Waals surface area contributed by atoms with Crippen molar-refractivity contribution in [1.82, 2.24) is 0 Å². The fourth-order valence-corrected chi connectivity index (χ4v) is 2.43. The number of hydrogen-bond acceptors (Lipinski definition) is 5. The first-order valence-electron chi connectivity index (χ1n) is 8.08. The fraction of sp³-hybridized carbons (Fsp3) is 1.00. The van der Waals surface area contributed by atoms with Crippen LogP contribution in [0.2, 0.25) is 0 Å². The number of epoxide rings is 1. The Morgan fingerprint density at radius 1 is 0.864 bits per heavy atom. The maximum Gasteiger partial charge on any atom is 0.367 e. The van der Waals surface area contributed by atoms with E-state index in [-0.39, 0.29) is 11.5 Å². The number of rotatable bonds is 7. The molecule has 1 aliphatic rings. The molecule has 0 aromatic carbocycles. The highest BCUT2D eigenvalue weighted by atomic mass is 17.4. The van der Waals surface area contributed by atoms with Crippen molar-refractivity contribution < 1.29 is 24.3 Å². The molecule has 0 aromatic heterocycles. The summed E-state index contributed by atoms with van der Waals surface area (Å²) >= 11 is 0. The predicted molar refractivity (Wildman–Crippen MR) is 84.7 cm³/mol. The summed E-state index contributed by atoms with van der Waals surface area (Å²) in [7, 11) is 0. The summed E-state index contributed by atoms with van der Waals surface area (Å²) in [5.74, 6) is -0.747. The molecule has 0 radical (unpaired) electrons. The van der Waals surface area contributed by atoms with Crippen molar-refractivity contribution in [1.29, 1.82) is 0 Å². The predicted octanol–water partition coefficient (Wildman–Crippen LogP) is 4.60. The van der Waals surface area contributed by atoms with Gasteiger partial charge in [-0.25, -0.2) is 9.78 Å². The summed E-state index contributed by atoms with van der Waals surface area (Å²) in [5.41, 5.74) is -1.04. The smallest absolute Gasteiger partial charge is 0.309 e. The Hall–Kier alpha value is -0.200. The molecular weight excluding hydrogens is 284 g/mol. The Bertz CT molecular complexity index is 344. The first-order valence-corrected chi connectivity index (χ1v) is 8.08. The minimum absolute atomic E-state index is 0.114. The largest absolute Gasteiger partial charge is 0.367 e. The van der Waals surface area contributed by atoms with E-state index in [0.717, 1.165) is 6.42 Å². The van der Waals surface area contributed by atoms with Gasteiger partial charge in [0.05, 0.1) is 11.2 Å². The zero-order chi connectivity index (χ0) is 17.4. The molecule has 0 aromatic rings. The third-order valence-electron chi connectivity index (χ3n) is 3.01. The van der Waals surface area contributed by atoms with Gasteiger partial charge in [0.2, 0.25) is 0 Å². The van der Waals surface area contributed by atoms with Crippen LogP contribution in [0.5, 0.6) is 0 Å². The maximum atomic E-state index is 5.77. The summed E-state index contributed by atoms with van der Waals surface area (Å²) < 4.78 is 5.77. The van der Waals surface area contributed by atoms with Crippen LogP contribution in [0.4, 0.5) is 0 Å². The molecule has 1 unspecified atom stereocenters. The number of hydrogen-bond donors (Lipinski definition) is 0. The van der Waals surface area contributed by atoms with E-state index in [9.17, 15) is 0 Å². The van der Waals surface area contributed by atoms with E-state index in [2.05, 4.69) is 27.7 Å². The van der Waals surface area contributed by atoms with Crippen molar-refractivity contribution in [2.75, 3.05) is 0 Å². The molecule has 1 saturated heterocycles. The highest BCUT2D eigenvalue weighted by molar-refractivity contribution is 4.97. The van der Waals surface area contributed by atoms with Crippen molar-refractivity contribution in [3.05, 3.63) is 0 Å². The summed E-state index contributed by atoms with van der Waals surface area (Å²) in [4.78, 5) is 21.9. The molecule has 1 fully saturated rings. The van der Waals surface area contributed by atoms with Crippen LogP contribution in [-0.4, -0.2) is 23.3 Å². The highest BCUT2D eigenvalue weighted by Gasteiger charge is 2.69. The van der Waals surface area contributed by atoms with Crippen molar-refractivity contribution in [2.45, 2.75) is 98.9 Å². The van der Waals surface area contributed by atoms with Crippen LogP contribution in [0.15, 0.2) is 0 Å². The fourth-order valence-electron chi connectivity index (χ4n) is 2.43. The Morgan fingerprint density at radius 3 is 1.59 bits per heavy atom. The minimum atomic E-state index is -1.29. The van der Waals surface area contributed by atoms with E-state index in [1.54, 1.807) is 0 Å². The molecule has 1 heterocycles. The van der Waals surface area contributed by atoms with E-state index >= 15 is 0 Å². The van der Waals surface area contributed by atoms with Gasteiger partial charge in [0.25, 0.3) is 0 Å². The van der Waals surface area contributed by atoms with Gasteiger partial charge in [-0.3, -0.25) is 0 Å². The quantitative estimate of drug-likeness (QED) is 0.297. The Kier molecular flexibility index (Phi) is 5.74. The van der Waals surface area contributed by atoms with Crippen LogP contribution >= 0.6 is 0 Å². The topological polar surface area (TPSA) is 49.5 Å².